The van der Waals surface area contributed by atoms with Gasteiger partial charge in [0.2, 0.25) is 0 Å². The summed E-state index contributed by atoms with van der Waals surface area (Å²) in [5.41, 5.74) is 1.51. The van der Waals surface area contributed by atoms with Crippen molar-refractivity contribution in [2.45, 2.75) is 31.9 Å². The van der Waals surface area contributed by atoms with Crippen LogP contribution in [0.2, 0.25) is 0 Å². The average Bonchev–Trinajstić information content (AvgIpc) is 2.82. The third-order valence-corrected chi connectivity index (χ3v) is 5.50. The molecule has 0 aliphatic carbocycles. The summed E-state index contributed by atoms with van der Waals surface area (Å²) in [6, 6.07) is 12.2. The van der Waals surface area contributed by atoms with Crippen LogP contribution >= 0.6 is 24.0 Å². The van der Waals surface area contributed by atoms with Crippen LogP contribution in [0.15, 0.2) is 47.5 Å². The Morgan fingerprint density at radius 3 is 2.76 bits per heavy atom. The summed E-state index contributed by atoms with van der Waals surface area (Å²) in [7, 11) is 3.15. The summed E-state index contributed by atoms with van der Waals surface area (Å²) in [6.45, 7) is 4.51. The monoisotopic (exact) mass is 572 g/mol. The first-order chi connectivity index (χ1) is 15.5. The van der Waals surface area contributed by atoms with E-state index in [9.17, 15) is 9.50 Å². The Hall–Kier alpha value is -2.27. The van der Waals surface area contributed by atoms with Crippen LogP contribution in [-0.2, 0) is 0 Å². The highest BCUT2D eigenvalue weighted by molar-refractivity contribution is 14.0. The number of aliphatic imine (C=N–C) groups is 1. The van der Waals surface area contributed by atoms with Gasteiger partial charge >= 0.3 is 0 Å². The molecule has 3 rings (SSSR count). The standard InChI is InChI=1S/C24H33FN4O3.HI/c1-4-26-24(27-15-22(30)21-14-20(31-2)10-11-23(21)32-3)28-18-8-6-12-29(16-18)19-9-5-7-17(25)13-19;/h5,7,9-11,13-14,18,22,30H,4,6,8,12,15-16H2,1-3H3,(H2,26,27,28);1H. The minimum atomic E-state index is -0.842. The first kappa shape index (κ1) is 27.0. The number of benzene rings is 2. The Kier molecular flexibility index (Phi) is 11.0. The van der Waals surface area contributed by atoms with Crippen molar-refractivity contribution in [3.8, 4) is 11.5 Å². The number of piperidine rings is 1. The van der Waals surface area contributed by atoms with E-state index in [2.05, 4.69) is 20.5 Å². The SMILES string of the molecule is CCNC(=NCC(O)c1cc(OC)ccc1OC)NC1CCCN(c2cccc(F)c2)C1.I. The highest BCUT2D eigenvalue weighted by Crippen LogP contribution is 2.29. The summed E-state index contributed by atoms with van der Waals surface area (Å²) < 4.78 is 24.3. The van der Waals surface area contributed by atoms with Crippen LogP contribution in [0.3, 0.4) is 0 Å². The number of guanidine groups is 1. The molecule has 2 aromatic rings. The summed E-state index contributed by atoms with van der Waals surface area (Å²) in [6.07, 6.45) is 1.14. The van der Waals surface area contributed by atoms with Gasteiger partial charge in [-0.1, -0.05) is 6.07 Å². The zero-order valence-electron chi connectivity index (χ0n) is 19.4. The highest BCUT2D eigenvalue weighted by Gasteiger charge is 2.22. The zero-order valence-corrected chi connectivity index (χ0v) is 21.7. The Labute approximate surface area is 212 Å². The summed E-state index contributed by atoms with van der Waals surface area (Å²) >= 11 is 0. The van der Waals surface area contributed by atoms with Crippen LogP contribution in [-0.4, -0.2) is 57.5 Å². The van der Waals surface area contributed by atoms with Crippen LogP contribution in [0.25, 0.3) is 0 Å². The quantitative estimate of drug-likeness (QED) is 0.255. The maximum Gasteiger partial charge on any atom is 0.191 e. The lowest BCUT2D eigenvalue weighted by atomic mass is 10.0. The van der Waals surface area contributed by atoms with Gasteiger partial charge in [-0.2, -0.15) is 0 Å². The number of aliphatic hydroxyl groups excluding tert-OH is 1. The summed E-state index contributed by atoms with van der Waals surface area (Å²) in [4.78, 5) is 6.78. The van der Waals surface area contributed by atoms with Crippen molar-refractivity contribution < 1.29 is 19.0 Å². The molecule has 2 atom stereocenters. The molecule has 1 fully saturated rings. The van der Waals surface area contributed by atoms with Gasteiger partial charge in [0.25, 0.3) is 0 Å². The molecule has 9 heteroatoms. The molecule has 33 heavy (non-hydrogen) atoms. The lowest BCUT2D eigenvalue weighted by molar-refractivity contribution is 0.182. The first-order valence-electron chi connectivity index (χ1n) is 11.0. The molecular formula is C24H34FIN4O3. The molecule has 3 N–H and O–H groups in total. The van der Waals surface area contributed by atoms with Crippen LogP contribution in [0.4, 0.5) is 10.1 Å². The topological polar surface area (TPSA) is 78.4 Å². The fraction of sp³-hybridized carbons (Fsp3) is 0.458. The van der Waals surface area contributed by atoms with Gasteiger partial charge in [-0.05, 0) is 56.2 Å². The summed E-state index contributed by atoms with van der Waals surface area (Å²) in [5.74, 6) is 1.65. The second kappa shape index (κ2) is 13.4. The van der Waals surface area contributed by atoms with Crippen molar-refractivity contribution in [3.63, 3.8) is 0 Å². The van der Waals surface area contributed by atoms with Gasteiger partial charge < -0.3 is 30.1 Å². The number of anilines is 1. The molecule has 0 bridgehead atoms. The molecule has 0 spiro atoms. The Morgan fingerprint density at radius 2 is 2.06 bits per heavy atom. The molecular weight excluding hydrogens is 538 g/mol. The van der Waals surface area contributed by atoms with Gasteiger partial charge in [-0.25, -0.2) is 4.39 Å². The molecule has 1 heterocycles. The van der Waals surface area contributed by atoms with Gasteiger partial charge in [0.1, 0.15) is 23.4 Å². The number of nitrogens with one attached hydrogen (secondary N) is 2. The van der Waals surface area contributed by atoms with E-state index in [1.807, 2.05) is 13.0 Å². The highest BCUT2D eigenvalue weighted by atomic mass is 127. The minimum absolute atomic E-state index is 0. The van der Waals surface area contributed by atoms with Crippen LogP contribution in [0.1, 0.15) is 31.4 Å². The van der Waals surface area contributed by atoms with E-state index in [4.69, 9.17) is 9.47 Å². The fourth-order valence-electron chi connectivity index (χ4n) is 3.89. The Bertz CT molecular complexity index is 915. The molecule has 0 radical (unpaired) electrons. The number of nitrogens with zero attached hydrogens (tertiary/aromatic N) is 2. The van der Waals surface area contributed by atoms with Gasteiger partial charge in [0, 0.05) is 36.9 Å². The Balaban J connectivity index is 0.00000385. The Morgan fingerprint density at radius 1 is 1.24 bits per heavy atom. The third kappa shape index (κ3) is 7.63. The van der Waals surface area contributed by atoms with Crippen LogP contribution < -0.4 is 25.0 Å². The van der Waals surface area contributed by atoms with Crippen molar-refractivity contribution in [2.24, 2.45) is 4.99 Å². The van der Waals surface area contributed by atoms with Gasteiger partial charge in [-0.15, -0.1) is 24.0 Å². The molecule has 0 saturated carbocycles. The predicted molar refractivity (Wildman–Crippen MR) is 141 cm³/mol. The van der Waals surface area contributed by atoms with E-state index in [1.165, 1.54) is 6.07 Å². The van der Waals surface area contributed by atoms with Gasteiger partial charge in [0.15, 0.2) is 5.96 Å². The number of rotatable bonds is 8. The smallest absolute Gasteiger partial charge is 0.191 e. The average molecular weight is 572 g/mol. The van der Waals surface area contributed by atoms with E-state index in [0.29, 0.717) is 29.6 Å². The second-order valence-corrected chi connectivity index (χ2v) is 7.75. The van der Waals surface area contributed by atoms with Crippen molar-refractivity contribution >= 4 is 35.6 Å². The molecule has 0 amide bonds. The van der Waals surface area contributed by atoms with Crippen molar-refractivity contribution in [1.82, 2.24) is 10.6 Å². The number of halogens is 2. The summed E-state index contributed by atoms with van der Waals surface area (Å²) in [5, 5.41) is 17.5. The van der Waals surface area contributed by atoms with Gasteiger partial charge in [-0.3, -0.25) is 4.99 Å². The van der Waals surface area contributed by atoms with Crippen molar-refractivity contribution in [2.75, 3.05) is 45.3 Å². The van der Waals surface area contributed by atoms with Crippen molar-refractivity contribution in [1.29, 1.82) is 0 Å². The van der Waals surface area contributed by atoms with Crippen LogP contribution in [0, 0.1) is 5.82 Å². The normalized spacial score (nSPS) is 17.1. The van der Waals surface area contributed by atoms with E-state index >= 15 is 0 Å². The number of ether oxygens (including phenoxy) is 2. The van der Waals surface area contributed by atoms with E-state index in [-0.39, 0.29) is 42.4 Å². The molecule has 182 valence electrons. The maximum absolute atomic E-state index is 13.6. The maximum atomic E-state index is 13.6. The number of aliphatic hydroxyl groups is 1. The zero-order chi connectivity index (χ0) is 22.9. The molecule has 2 aromatic carbocycles. The molecule has 1 saturated heterocycles. The lowest BCUT2D eigenvalue weighted by Gasteiger charge is -2.35. The van der Waals surface area contributed by atoms with E-state index < -0.39 is 6.10 Å². The molecule has 1 aliphatic rings. The molecule has 1 aliphatic heterocycles. The minimum Gasteiger partial charge on any atom is -0.497 e. The fourth-order valence-corrected chi connectivity index (χ4v) is 3.89. The molecule has 0 aromatic heterocycles. The van der Waals surface area contributed by atoms with Crippen LogP contribution in [0.5, 0.6) is 11.5 Å². The molecule has 2 unspecified atom stereocenters. The second-order valence-electron chi connectivity index (χ2n) is 7.75. The van der Waals surface area contributed by atoms with Gasteiger partial charge in [0.05, 0.1) is 20.8 Å². The van der Waals surface area contributed by atoms with E-state index in [1.54, 1.807) is 44.6 Å². The van der Waals surface area contributed by atoms with Crippen molar-refractivity contribution in [3.05, 3.63) is 53.8 Å². The third-order valence-electron chi connectivity index (χ3n) is 5.50. The lowest BCUT2D eigenvalue weighted by Crippen LogP contribution is -2.51. The number of hydrogen-bond acceptors (Lipinski definition) is 5. The molecule has 7 nitrogen and oxygen atoms in total. The number of methoxy groups -OCH3 is 2. The van der Waals surface area contributed by atoms with E-state index in [0.717, 1.165) is 31.6 Å². The predicted octanol–water partition coefficient (Wildman–Crippen LogP) is 3.72. The largest absolute Gasteiger partial charge is 0.497 e. The number of hydrogen-bond donors (Lipinski definition) is 3. The first-order valence-corrected chi connectivity index (χ1v) is 11.0.